The van der Waals surface area contributed by atoms with Crippen LogP contribution >= 0.6 is 0 Å². The molecule has 5 heterocycles. The van der Waals surface area contributed by atoms with E-state index < -0.39 is 53.8 Å². The number of aliphatic hydroxyl groups is 1. The van der Waals surface area contributed by atoms with Crippen LogP contribution in [-0.4, -0.2) is 93.1 Å². The van der Waals surface area contributed by atoms with Gasteiger partial charge in [0.15, 0.2) is 23.1 Å². The van der Waals surface area contributed by atoms with Gasteiger partial charge in [-0.1, -0.05) is 0 Å². The molecule has 10 heteroatoms. The summed E-state index contributed by atoms with van der Waals surface area (Å²) in [6, 6.07) is -1.04. The van der Waals surface area contributed by atoms with E-state index in [-0.39, 0.29) is 47.3 Å². The Kier molecular flexibility index (Phi) is 5.03. The quantitative estimate of drug-likeness (QED) is 0.479. The van der Waals surface area contributed by atoms with E-state index in [1.165, 1.54) is 0 Å². The lowest BCUT2D eigenvalue weighted by molar-refractivity contribution is -0.126. The van der Waals surface area contributed by atoms with Gasteiger partial charge in [-0.25, -0.2) is 0 Å². The lowest BCUT2D eigenvalue weighted by atomic mass is 9.67. The van der Waals surface area contributed by atoms with E-state index in [0.717, 1.165) is 0 Å². The molecule has 7 aliphatic rings. The van der Waals surface area contributed by atoms with Gasteiger partial charge in [0.25, 0.3) is 0 Å². The number of carbonyl (C=O) groups excluding carboxylic acids is 4. The predicted octanol–water partition coefficient (Wildman–Crippen LogP) is 1.20. The van der Waals surface area contributed by atoms with Gasteiger partial charge in [0.05, 0.1) is 24.8 Å². The van der Waals surface area contributed by atoms with Crippen LogP contribution in [0, 0.1) is 11.3 Å². The number of piperazine rings is 1. The van der Waals surface area contributed by atoms with Crippen molar-refractivity contribution in [2.24, 2.45) is 0 Å². The Morgan fingerprint density at radius 1 is 0.825 bits per heavy atom. The van der Waals surface area contributed by atoms with Crippen LogP contribution in [0.2, 0.25) is 0 Å². The molecule has 0 amide bonds. The van der Waals surface area contributed by atoms with Gasteiger partial charge in [-0.15, -0.1) is 0 Å². The summed E-state index contributed by atoms with van der Waals surface area (Å²) < 4.78 is 11.9. The van der Waals surface area contributed by atoms with Crippen molar-refractivity contribution >= 4 is 23.1 Å². The molecule has 0 aromatic heterocycles. The number of fused-ring (bicyclic) bond motifs is 5. The number of ketones is 4. The molecule has 1 saturated heterocycles. The molecule has 1 N–H and O–H groups in total. The van der Waals surface area contributed by atoms with Crippen LogP contribution in [0.1, 0.15) is 53.4 Å². The van der Waals surface area contributed by atoms with E-state index in [1.54, 1.807) is 0 Å². The third-order valence-electron chi connectivity index (χ3n) is 9.67. The number of hydrogen-bond donors (Lipinski definition) is 1. The van der Waals surface area contributed by atoms with Gasteiger partial charge in [0.2, 0.25) is 11.6 Å². The number of nitriles is 1. The van der Waals surface area contributed by atoms with Crippen LogP contribution in [0.4, 0.5) is 0 Å². The zero-order valence-electron chi connectivity index (χ0n) is 23.2. The summed E-state index contributed by atoms with van der Waals surface area (Å²) in [6.07, 6.45) is 0.918. The van der Waals surface area contributed by atoms with Crippen molar-refractivity contribution in [1.82, 2.24) is 9.80 Å². The fourth-order valence-electron chi connectivity index (χ4n) is 8.16. The molecule has 2 aliphatic carbocycles. The van der Waals surface area contributed by atoms with Crippen LogP contribution in [0.15, 0.2) is 45.0 Å². The average Bonchev–Trinajstić information content (AvgIpc) is 3.40. The number of likely N-dealkylation sites (N-methyl/N-ethyl adjacent to an activating group) is 1. The van der Waals surface area contributed by atoms with E-state index in [0.29, 0.717) is 40.7 Å². The van der Waals surface area contributed by atoms with Gasteiger partial charge < -0.3 is 14.6 Å². The maximum absolute atomic E-state index is 14.0. The van der Waals surface area contributed by atoms with Crippen molar-refractivity contribution in [3.63, 3.8) is 0 Å². The van der Waals surface area contributed by atoms with Crippen molar-refractivity contribution in [2.75, 3.05) is 13.7 Å². The molecule has 1 fully saturated rings. The van der Waals surface area contributed by atoms with E-state index in [4.69, 9.17) is 9.47 Å². The highest BCUT2D eigenvalue weighted by atomic mass is 16.5. The van der Waals surface area contributed by atoms with Gasteiger partial charge >= 0.3 is 0 Å². The zero-order chi connectivity index (χ0) is 28.6. The van der Waals surface area contributed by atoms with Gasteiger partial charge in [-0.2, -0.15) is 5.26 Å². The number of aliphatic hydroxyl groups excluding tert-OH is 1. The molecule has 0 saturated carbocycles. The maximum atomic E-state index is 14.0. The highest BCUT2D eigenvalue weighted by Crippen LogP contribution is 2.52. The van der Waals surface area contributed by atoms with Gasteiger partial charge in [-0.3, -0.25) is 29.0 Å². The molecule has 40 heavy (non-hydrogen) atoms. The normalized spacial score (nSPS) is 36.1. The predicted molar refractivity (Wildman–Crippen MR) is 138 cm³/mol. The van der Waals surface area contributed by atoms with Crippen molar-refractivity contribution in [3.8, 4) is 6.07 Å². The molecule has 7 rings (SSSR count). The first kappa shape index (κ1) is 25.6. The molecule has 0 aromatic rings. The molecule has 10 nitrogen and oxygen atoms in total. The van der Waals surface area contributed by atoms with Crippen LogP contribution < -0.4 is 0 Å². The lowest BCUT2D eigenvalue weighted by Crippen LogP contribution is -2.74. The van der Waals surface area contributed by atoms with Crippen LogP contribution in [0.25, 0.3) is 0 Å². The Balaban J connectivity index is 1.37. The fourth-order valence-corrected chi connectivity index (χ4v) is 8.16. The highest BCUT2D eigenvalue weighted by molar-refractivity contribution is 6.27. The number of rotatable bonds is 1. The largest absolute Gasteiger partial charge is 0.483 e. The number of ether oxygens (including phenoxy) is 2. The molecule has 208 valence electrons. The molecule has 5 aliphatic heterocycles. The Morgan fingerprint density at radius 3 is 1.85 bits per heavy atom. The maximum Gasteiger partial charge on any atom is 0.226 e. The minimum Gasteiger partial charge on any atom is -0.483 e. The Hall–Kier alpha value is -3.39. The zero-order valence-corrected chi connectivity index (χ0v) is 23.2. The second-order valence-electron chi connectivity index (χ2n) is 13.2. The summed E-state index contributed by atoms with van der Waals surface area (Å²) in [5.41, 5.74) is 0.558. The van der Waals surface area contributed by atoms with Crippen molar-refractivity contribution < 1.29 is 33.8 Å². The van der Waals surface area contributed by atoms with Crippen LogP contribution in [0.3, 0.4) is 0 Å². The number of allylic oxidation sites excluding steroid dienone is 2. The van der Waals surface area contributed by atoms with Gasteiger partial charge in [0.1, 0.15) is 17.2 Å². The summed E-state index contributed by atoms with van der Waals surface area (Å²) in [7, 11) is 1.83. The van der Waals surface area contributed by atoms with E-state index >= 15 is 0 Å². The highest BCUT2D eigenvalue weighted by Gasteiger charge is 2.61. The number of carbonyl (C=O) groups is 4. The standard InChI is InChI=1S/C30H31N3O7/c1-29(2)8-14-23(35)12-7-17-22-21-13(24(36)15-9-30(3,4)40-28(15)26(21)38)6-16(32(22)5)18(10-31)33(17)19(11-34)20(12)25(37)27(14)39-29/h16-19,22,34H,6-9,11H2,1-5H3/t16-,17-,18-,19-,22-/m0/s1. The van der Waals surface area contributed by atoms with Crippen molar-refractivity contribution in [2.45, 2.75) is 94.8 Å². The first-order chi connectivity index (χ1) is 18.8. The molecule has 0 spiro atoms. The molecule has 0 radical (unpaired) electrons. The third-order valence-corrected chi connectivity index (χ3v) is 9.67. The van der Waals surface area contributed by atoms with Crippen molar-refractivity contribution in [1.29, 1.82) is 5.26 Å². The molecule has 0 unspecified atom stereocenters. The summed E-state index contributed by atoms with van der Waals surface area (Å²) >= 11 is 0. The van der Waals surface area contributed by atoms with Crippen LogP contribution in [-0.2, 0) is 28.7 Å². The number of hydrogen-bond acceptors (Lipinski definition) is 10. The molecule has 5 atom stereocenters. The Bertz CT molecular complexity index is 1530. The second kappa shape index (κ2) is 7.87. The number of nitrogens with zero attached hydrogens (tertiary/aromatic N) is 3. The summed E-state index contributed by atoms with van der Waals surface area (Å²) in [5, 5.41) is 21.1. The number of Topliss-reactive ketones (excluding diaryl/α,β-unsaturated/α-hetero) is 4. The van der Waals surface area contributed by atoms with Crippen molar-refractivity contribution in [3.05, 3.63) is 45.0 Å². The Morgan fingerprint density at radius 2 is 1.32 bits per heavy atom. The summed E-state index contributed by atoms with van der Waals surface area (Å²) in [6.45, 7) is 6.82. The molecular weight excluding hydrogens is 514 g/mol. The average molecular weight is 546 g/mol. The molecular formula is C30H31N3O7. The minimum atomic E-state index is -0.928. The monoisotopic (exact) mass is 545 g/mol. The lowest BCUT2D eigenvalue weighted by Gasteiger charge is -2.60. The SMILES string of the molecule is CN1[C@@H]2C3=C(C[C@H]1[C@H](C#N)N1[C@@H](CO)C4=C(C[C@@H]21)C(=O)C1=C(OC(C)(C)C1)C4=O)C(=O)C1=C(OC(C)(C)C1)C3=O. The van der Waals surface area contributed by atoms with E-state index in [1.807, 2.05) is 44.5 Å². The van der Waals surface area contributed by atoms with Gasteiger partial charge in [-0.05, 0) is 47.6 Å². The summed E-state index contributed by atoms with van der Waals surface area (Å²) in [5.74, 6) is -1.12. The first-order valence-corrected chi connectivity index (χ1v) is 13.8. The smallest absolute Gasteiger partial charge is 0.226 e. The van der Waals surface area contributed by atoms with E-state index in [2.05, 4.69) is 6.07 Å². The minimum absolute atomic E-state index is 0.0343. The van der Waals surface area contributed by atoms with E-state index in [9.17, 15) is 29.5 Å². The summed E-state index contributed by atoms with van der Waals surface area (Å²) in [4.78, 5) is 59.2. The molecule has 2 bridgehead atoms. The fraction of sp³-hybridized carbons (Fsp3) is 0.567. The topological polar surface area (TPSA) is 137 Å². The Labute approximate surface area is 231 Å². The molecule has 0 aromatic carbocycles. The van der Waals surface area contributed by atoms with Gasteiger partial charge in [0, 0.05) is 58.4 Å². The third kappa shape index (κ3) is 3.08. The second-order valence-corrected chi connectivity index (χ2v) is 13.2. The van der Waals surface area contributed by atoms with Crippen LogP contribution in [0.5, 0.6) is 0 Å². The first-order valence-electron chi connectivity index (χ1n) is 13.8.